The van der Waals surface area contributed by atoms with E-state index in [9.17, 15) is 0 Å². The lowest BCUT2D eigenvalue weighted by Gasteiger charge is -2.15. The zero-order chi connectivity index (χ0) is 11.5. The Hall–Kier alpha value is -0.450. The molecule has 1 aromatic rings. The molecule has 0 aromatic carbocycles. The summed E-state index contributed by atoms with van der Waals surface area (Å²) in [6.45, 7) is 9.28. The monoisotopic (exact) mass is 240 g/mol. The summed E-state index contributed by atoms with van der Waals surface area (Å²) >= 11 is 1.80. The molecule has 2 atom stereocenters. The van der Waals surface area contributed by atoms with E-state index in [2.05, 4.69) is 31.1 Å². The van der Waals surface area contributed by atoms with Crippen LogP contribution in [0.2, 0.25) is 0 Å². The van der Waals surface area contributed by atoms with Crippen molar-refractivity contribution in [2.24, 2.45) is 5.92 Å². The first-order valence-electron chi connectivity index (χ1n) is 5.92. The Balaban J connectivity index is 1.87. The van der Waals surface area contributed by atoms with E-state index in [4.69, 9.17) is 4.74 Å². The molecule has 3 nitrogen and oxygen atoms in total. The van der Waals surface area contributed by atoms with Gasteiger partial charge in [-0.1, -0.05) is 0 Å². The van der Waals surface area contributed by atoms with Crippen molar-refractivity contribution in [2.75, 3.05) is 19.8 Å². The first kappa shape index (κ1) is 12.0. The topological polar surface area (TPSA) is 34.2 Å². The van der Waals surface area contributed by atoms with Gasteiger partial charge in [0.2, 0.25) is 0 Å². The Morgan fingerprint density at radius 1 is 1.56 bits per heavy atom. The highest BCUT2D eigenvalue weighted by Crippen LogP contribution is 2.24. The van der Waals surface area contributed by atoms with Crippen LogP contribution in [0.1, 0.15) is 35.0 Å². The third kappa shape index (κ3) is 2.81. The highest BCUT2D eigenvalue weighted by Gasteiger charge is 2.18. The summed E-state index contributed by atoms with van der Waals surface area (Å²) in [5.74, 6) is 0.691. The maximum atomic E-state index is 5.37. The molecule has 1 N–H and O–H groups in total. The van der Waals surface area contributed by atoms with Crippen LogP contribution in [0, 0.1) is 19.8 Å². The maximum Gasteiger partial charge on any atom is 0.0900 e. The van der Waals surface area contributed by atoms with Gasteiger partial charge in [0.25, 0.3) is 0 Å². The lowest BCUT2D eigenvalue weighted by Crippen LogP contribution is -2.25. The molecule has 1 fully saturated rings. The van der Waals surface area contributed by atoms with Crippen LogP contribution in [0.25, 0.3) is 0 Å². The summed E-state index contributed by atoms with van der Waals surface area (Å²) in [6, 6.07) is 0.409. The minimum Gasteiger partial charge on any atom is -0.381 e. The second kappa shape index (κ2) is 5.25. The second-order valence-corrected chi connectivity index (χ2v) is 5.78. The van der Waals surface area contributed by atoms with E-state index >= 15 is 0 Å². The maximum absolute atomic E-state index is 5.37. The van der Waals surface area contributed by atoms with Crippen molar-refractivity contribution >= 4 is 11.3 Å². The van der Waals surface area contributed by atoms with Gasteiger partial charge in [-0.15, -0.1) is 11.3 Å². The van der Waals surface area contributed by atoms with Gasteiger partial charge in [0.15, 0.2) is 0 Å². The number of hydrogen-bond acceptors (Lipinski definition) is 4. The normalized spacial score (nSPS) is 22.6. The van der Waals surface area contributed by atoms with Crippen molar-refractivity contribution < 1.29 is 4.74 Å². The van der Waals surface area contributed by atoms with Crippen LogP contribution in [0.4, 0.5) is 0 Å². The van der Waals surface area contributed by atoms with E-state index < -0.39 is 0 Å². The van der Waals surface area contributed by atoms with Gasteiger partial charge < -0.3 is 10.1 Å². The molecule has 1 aromatic heterocycles. The average Bonchev–Trinajstić information content (AvgIpc) is 2.84. The fourth-order valence-electron chi connectivity index (χ4n) is 2.13. The summed E-state index contributed by atoms with van der Waals surface area (Å²) in [4.78, 5) is 5.84. The average molecular weight is 240 g/mol. The first-order chi connectivity index (χ1) is 7.66. The highest BCUT2D eigenvalue weighted by atomic mass is 32.1. The molecular weight excluding hydrogens is 220 g/mol. The fraction of sp³-hybridized carbons (Fsp3) is 0.750. The molecule has 1 aliphatic rings. The molecule has 4 heteroatoms. The molecule has 0 radical (unpaired) electrons. The van der Waals surface area contributed by atoms with Crippen molar-refractivity contribution in [1.82, 2.24) is 10.3 Å². The number of ether oxygens (including phenoxy) is 1. The SMILES string of the molecule is Cc1nc(C)c(C(C)NCC2CCOC2)s1. The van der Waals surface area contributed by atoms with E-state index in [1.807, 2.05) is 0 Å². The van der Waals surface area contributed by atoms with Crippen LogP contribution in [-0.2, 0) is 4.74 Å². The van der Waals surface area contributed by atoms with Crippen LogP contribution in [0.15, 0.2) is 0 Å². The Morgan fingerprint density at radius 3 is 2.94 bits per heavy atom. The third-order valence-electron chi connectivity index (χ3n) is 3.07. The van der Waals surface area contributed by atoms with Gasteiger partial charge >= 0.3 is 0 Å². The van der Waals surface area contributed by atoms with Crippen molar-refractivity contribution in [3.05, 3.63) is 15.6 Å². The fourth-order valence-corrected chi connectivity index (χ4v) is 3.08. The zero-order valence-electron chi connectivity index (χ0n) is 10.2. The molecular formula is C12H20N2OS. The van der Waals surface area contributed by atoms with Crippen molar-refractivity contribution in [3.63, 3.8) is 0 Å². The van der Waals surface area contributed by atoms with Crippen molar-refractivity contribution in [3.8, 4) is 0 Å². The molecule has 0 amide bonds. The van der Waals surface area contributed by atoms with E-state index in [0.717, 1.165) is 24.8 Å². The predicted octanol–water partition coefficient (Wildman–Crippen LogP) is 2.45. The van der Waals surface area contributed by atoms with Gasteiger partial charge in [0.1, 0.15) is 0 Å². The minimum atomic E-state index is 0.409. The largest absolute Gasteiger partial charge is 0.381 e. The molecule has 0 saturated carbocycles. The summed E-state index contributed by atoms with van der Waals surface area (Å²) in [6.07, 6.45) is 1.19. The van der Waals surface area contributed by atoms with Crippen molar-refractivity contribution in [2.45, 2.75) is 33.2 Å². The van der Waals surface area contributed by atoms with E-state index in [1.165, 1.54) is 17.0 Å². The van der Waals surface area contributed by atoms with Gasteiger partial charge in [-0.3, -0.25) is 0 Å². The number of aromatic nitrogens is 1. The molecule has 0 spiro atoms. The highest BCUT2D eigenvalue weighted by molar-refractivity contribution is 7.11. The summed E-state index contributed by atoms with van der Waals surface area (Å²) in [5, 5.41) is 4.74. The molecule has 2 heterocycles. The zero-order valence-corrected chi connectivity index (χ0v) is 11.1. The van der Waals surface area contributed by atoms with Crippen LogP contribution < -0.4 is 5.32 Å². The Labute approximate surface area is 101 Å². The van der Waals surface area contributed by atoms with Crippen LogP contribution in [0.3, 0.4) is 0 Å². The molecule has 2 unspecified atom stereocenters. The third-order valence-corrected chi connectivity index (χ3v) is 4.32. The summed E-state index contributed by atoms with van der Waals surface area (Å²) in [5.41, 5.74) is 1.17. The number of thiazole rings is 1. The Bertz CT molecular complexity index is 345. The van der Waals surface area contributed by atoms with Gasteiger partial charge in [0, 0.05) is 24.1 Å². The van der Waals surface area contributed by atoms with Crippen LogP contribution in [0.5, 0.6) is 0 Å². The molecule has 1 aliphatic heterocycles. The van der Waals surface area contributed by atoms with E-state index in [1.54, 1.807) is 11.3 Å². The van der Waals surface area contributed by atoms with Gasteiger partial charge in [-0.05, 0) is 33.1 Å². The van der Waals surface area contributed by atoms with Crippen molar-refractivity contribution in [1.29, 1.82) is 0 Å². The summed E-state index contributed by atoms with van der Waals surface area (Å²) in [7, 11) is 0. The molecule has 16 heavy (non-hydrogen) atoms. The summed E-state index contributed by atoms with van der Waals surface area (Å²) < 4.78 is 5.37. The number of rotatable bonds is 4. The van der Waals surface area contributed by atoms with Gasteiger partial charge in [-0.2, -0.15) is 0 Å². The second-order valence-electron chi connectivity index (χ2n) is 4.54. The molecule has 2 rings (SSSR count). The number of hydrogen-bond donors (Lipinski definition) is 1. The lowest BCUT2D eigenvalue weighted by molar-refractivity contribution is 0.184. The van der Waals surface area contributed by atoms with Crippen LogP contribution >= 0.6 is 11.3 Å². The van der Waals surface area contributed by atoms with E-state index in [0.29, 0.717) is 12.0 Å². The quantitative estimate of drug-likeness (QED) is 0.878. The number of nitrogens with one attached hydrogen (secondary N) is 1. The Morgan fingerprint density at radius 2 is 2.38 bits per heavy atom. The van der Waals surface area contributed by atoms with Crippen LogP contribution in [-0.4, -0.2) is 24.7 Å². The Kier molecular flexibility index (Phi) is 3.95. The predicted molar refractivity (Wildman–Crippen MR) is 66.9 cm³/mol. The molecule has 0 bridgehead atoms. The van der Waals surface area contributed by atoms with E-state index in [-0.39, 0.29) is 0 Å². The lowest BCUT2D eigenvalue weighted by atomic mass is 10.1. The first-order valence-corrected chi connectivity index (χ1v) is 6.73. The number of nitrogens with zero attached hydrogens (tertiary/aromatic N) is 1. The molecule has 0 aliphatic carbocycles. The van der Waals surface area contributed by atoms with Gasteiger partial charge in [-0.25, -0.2) is 4.98 Å². The minimum absolute atomic E-state index is 0.409. The molecule has 1 saturated heterocycles. The number of aryl methyl sites for hydroxylation is 2. The molecule has 90 valence electrons. The van der Waals surface area contributed by atoms with Gasteiger partial charge in [0.05, 0.1) is 17.3 Å². The standard InChI is InChI=1S/C12H20N2OS/c1-8(12-9(2)14-10(3)16-12)13-6-11-4-5-15-7-11/h8,11,13H,4-7H2,1-3H3. The smallest absolute Gasteiger partial charge is 0.0900 e.